The van der Waals surface area contributed by atoms with Gasteiger partial charge in [0, 0.05) is 19.7 Å². The van der Waals surface area contributed by atoms with Gasteiger partial charge in [-0.3, -0.25) is 0 Å². The Morgan fingerprint density at radius 1 is 1.39 bits per heavy atom. The van der Waals surface area contributed by atoms with Gasteiger partial charge in [0.2, 0.25) is 0 Å². The molecule has 0 saturated carbocycles. The normalized spacial score (nSPS) is 12.1. The molecule has 0 aromatic heterocycles. The van der Waals surface area contributed by atoms with Crippen LogP contribution in [0.5, 0.6) is 0 Å². The van der Waals surface area contributed by atoms with E-state index in [1.165, 1.54) is 5.56 Å². The highest BCUT2D eigenvalue weighted by Crippen LogP contribution is 2.04. The van der Waals surface area contributed by atoms with Gasteiger partial charge < -0.3 is 15.8 Å². The van der Waals surface area contributed by atoms with Gasteiger partial charge in [-0.15, -0.1) is 0 Å². The quantitative estimate of drug-likeness (QED) is 0.728. The van der Waals surface area contributed by atoms with Crippen LogP contribution in [0.1, 0.15) is 24.0 Å². The van der Waals surface area contributed by atoms with E-state index < -0.39 is 0 Å². The Morgan fingerprint density at radius 2 is 2.11 bits per heavy atom. The van der Waals surface area contributed by atoms with Crippen LogP contribution in [-0.2, 0) is 11.3 Å². The number of methoxy groups -OCH3 is 1. The third kappa shape index (κ3) is 5.28. The molecule has 1 aromatic rings. The number of nitrogens with zero attached hydrogens (tertiary/aromatic N) is 1. The molecule has 0 aliphatic rings. The molecule has 0 aliphatic heterocycles. The van der Waals surface area contributed by atoms with Crippen molar-refractivity contribution in [3.8, 4) is 6.07 Å². The topological polar surface area (TPSA) is 71.1 Å². The molecule has 3 N–H and O–H groups in total. The van der Waals surface area contributed by atoms with E-state index in [-0.39, 0.29) is 0 Å². The van der Waals surface area contributed by atoms with E-state index in [0.717, 1.165) is 19.4 Å². The molecule has 0 aliphatic carbocycles. The highest BCUT2D eigenvalue weighted by molar-refractivity contribution is 5.31. The molecule has 1 aromatic carbocycles. The predicted octanol–water partition coefficient (Wildman–Crippen LogP) is 1.40. The Kier molecular flexibility index (Phi) is 7.04. The van der Waals surface area contributed by atoms with Crippen molar-refractivity contribution in [1.82, 2.24) is 5.32 Å². The second kappa shape index (κ2) is 8.65. The van der Waals surface area contributed by atoms with Gasteiger partial charge in [-0.05, 0) is 37.1 Å². The molecule has 98 valence electrons. The number of hydrogen-bond donors (Lipinski definition) is 2. The maximum Gasteiger partial charge on any atom is 0.0991 e. The molecule has 0 radical (unpaired) electrons. The fourth-order valence-corrected chi connectivity index (χ4v) is 1.77. The van der Waals surface area contributed by atoms with Crippen LogP contribution in [0.15, 0.2) is 24.3 Å². The van der Waals surface area contributed by atoms with Crippen molar-refractivity contribution in [1.29, 1.82) is 5.26 Å². The summed E-state index contributed by atoms with van der Waals surface area (Å²) < 4.78 is 5.18. The van der Waals surface area contributed by atoms with Gasteiger partial charge in [0.05, 0.1) is 18.2 Å². The zero-order chi connectivity index (χ0) is 13.2. The summed E-state index contributed by atoms with van der Waals surface area (Å²) in [4.78, 5) is 0. The maximum absolute atomic E-state index is 8.72. The van der Waals surface area contributed by atoms with Gasteiger partial charge >= 0.3 is 0 Å². The van der Waals surface area contributed by atoms with Gasteiger partial charge in [0.15, 0.2) is 0 Å². The number of nitrogens with two attached hydrogens (primary N) is 1. The van der Waals surface area contributed by atoms with Gasteiger partial charge in [0.25, 0.3) is 0 Å². The Bertz CT molecular complexity index is 370. The number of ether oxygens (including phenoxy) is 1. The Balaban J connectivity index is 2.42. The molecule has 4 heteroatoms. The van der Waals surface area contributed by atoms with Gasteiger partial charge in [0.1, 0.15) is 0 Å². The largest absolute Gasteiger partial charge is 0.383 e. The van der Waals surface area contributed by atoms with Crippen molar-refractivity contribution >= 4 is 0 Å². The molecule has 0 fully saturated rings. The number of nitrogens with one attached hydrogen (secondary N) is 1. The first-order valence-electron chi connectivity index (χ1n) is 6.21. The molecule has 1 unspecified atom stereocenters. The highest BCUT2D eigenvalue weighted by atomic mass is 16.5. The van der Waals surface area contributed by atoms with Crippen LogP contribution in [0.4, 0.5) is 0 Å². The van der Waals surface area contributed by atoms with Gasteiger partial charge in [-0.1, -0.05) is 12.1 Å². The molecular weight excluding hydrogens is 226 g/mol. The maximum atomic E-state index is 8.72. The van der Waals surface area contributed by atoms with Gasteiger partial charge in [-0.2, -0.15) is 5.26 Å². The monoisotopic (exact) mass is 247 g/mol. The first kappa shape index (κ1) is 14.7. The lowest BCUT2D eigenvalue weighted by Crippen LogP contribution is -2.33. The van der Waals surface area contributed by atoms with Crippen LogP contribution in [0, 0.1) is 11.3 Å². The van der Waals surface area contributed by atoms with Crippen LogP contribution >= 0.6 is 0 Å². The van der Waals surface area contributed by atoms with Crippen LogP contribution in [0.25, 0.3) is 0 Å². The number of benzene rings is 1. The average molecular weight is 247 g/mol. The van der Waals surface area contributed by atoms with Crippen molar-refractivity contribution in [2.45, 2.75) is 25.4 Å². The molecule has 1 atom stereocenters. The third-order valence-electron chi connectivity index (χ3n) is 2.80. The fourth-order valence-electron chi connectivity index (χ4n) is 1.77. The lowest BCUT2D eigenvalue weighted by atomic mass is 10.1. The summed E-state index contributed by atoms with van der Waals surface area (Å²) in [6.45, 7) is 2.18. The van der Waals surface area contributed by atoms with Crippen molar-refractivity contribution in [3.63, 3.8) is 0 Å². The molecule has 1 rings (SSSR count). The molecular formula is C14H21N3O. The summed E-state index contributed by atoms with van der Waals surface area (Å²) in [6, 6.07) is 10.1. The van der Waals surface area contributed by atoms with Gasteiger partial charge in [-0.25, -0.2) is 0 Å². The van der Waals surface area contributed by atoms with E-state index in [2.05, 4.69) is 11.4 Å². The van der Waals surface area contributed by atoms with Crippen molar-refractivity contribution < 1.29 is 4.74 Å². The third-order valence-corrected chi connectivity index (χ3v) is 2.80. The number of rotatable bonds is 8. The highest BCUT2D eigenvalue weighted by Gasteiger charge is 2.07. The van der Waals surface area contributed by atoms with Crippen LogP contribution < -0.4 is 11.1 Å². The SMILES string of the molecule is COCC(CCCN)NCc1ccc(C#N)cc1. The summed E-state index contributed by atoms with van der Waals surface area (Å²) in [5.74, 6) is 0. The predicted molar refractivity (Wildman–Crippen MR) is 71.9 cm³/mol. The van der Waals surface area contributed by atoms with E-state index in [0.29, 0.717) is 24.8 Å². The second-order valence-electron chi connectivity index (χ2n) is 4.27. The Labute approximate surface area is 109 Å². The van der Waals surface area contributed by atoms with Crippen LogP contribution in [-0.4, -0.2) is 26.3 Å². The molecule has 0 heterocycles. The first-order valence-corrected chi connectivity index (χ1v) is 6.21. The summed E-state index contributed by atoms with van der Waals surface area (Å²) in [7, 11) is 1.71. The summed E-state index contributed by atoms with van der Waals surface area (Å²) in [6.07, 6.45) is 2.01. The smallest absolute Gasteiger partial charge is 0.0991 e. The molecule has 0 saturated heterocycles. The molecule has 0 spiro atoms. The van der Waals surface area contributed by atoms with E-state index in [4.69, 9.17) is 15.7 Å². The molecule has 18 heavy (non-hydrogen) atoms. The van der Waals surface area contributed by atoms with E-state index >= 15 is 0 Å². The van der Waals surface area contributed by atoms with E-state index in [9.17, 15) is 0 Å². The summed E-state index contributed by atoms with van der Waals surface area (Å²) >= 11 is 0. The van der Waals surface area contributed by atoms with Crippen LogP contribution in [0.3, 0.4) is 0 Å². The van der Waals surface area contributed by atoms with Crippen molar-refractivity contribution in [2.75, 3.05) is 20.3 Å². The lowest BCUT2D eigenvalue weighted by molar-refractivity contribution is 0.161. The number of hydrogen-bond acceptors (Lipinski definition) is 4. The minimum absolute atomic E-state index is 0.328. The second-order valence-corrected chi connectivity index (χ2v) is 4.27. The molecule has 0 bridgehead atoms. The van der Waals surface area contributed by atoms with Crippen molar-refractivity contribution in [3.05, 3.63) is 35.4 Å². The lowest BCUT2D eigenvalue weighted by Gasteiger charge is -2.17. The fraction of sp³-hybridized carbons (Fsp3) is 0.500. The Hall–Kier alpha value is -1.41. The minimum atomic E-state index is 0.328. The summed E-state index contributed by atoms with van der Waals surface area (Å²) in [5.41, 5.74) is 7.37. The number of nitriles is 1. The summed E-state index contributed by atoms with van der Waals surface area (Å²) in [5, 5.41) is 12.2. The van der Waals surface area contributed by atoms with Crippen LogP contribution in [0.2, 0.25) is 0 Å². The van der Waals surface area contributed by atoms with E-state index in [1.54, 1.807) is 7.11 Å². The first-order chi connectivity index (χ1) is 8.80. The zero-order valence-electron chi connectivity index (χ0n) is 10.9. The Morgan fingerprint density at radius 3 is 2.67 bits per heavy atom. The molecule has 0 amide bonds. The zero-order valence-corrected chi connectivity index (χ0v) is 10.9. The standard InChI is InChI=1S/C14H21N3O/c1-18-11-14(3-2-8-15)17-10-13-6-4-12(9-16)5-7-13/h4-7,14,17H,2-3,8,10-11,15H2,1H3. The average Bonchev–Trinajstić information content (AvgIpc) is 2.42. The van der Waals surface area contributed by atoms with E-state index in [1.807, 2.05) is 24.3 Å². The van der Waals surface area contributed by atoms with Crippen molar-refractivity contribution in [2.24, 2.45) is 5.73 Å². The minimum Gasteiger partial charge on any atom is -0.383 e. The molecule has 4 nitrogen and oxygen atoms in total.